The number of anilines is 1. The van der Waals surface area contributed by atoms with Crippen LogP contribution in [0.1, 0.15) is 25.1 Å². The molecule has 5 rings (SSSR count). The van der Waals surface area contributed by atoms with E-state index in [9.17, 15) is 9.59 Å². The maximum Gasteiger partial charge on any atom is 0.332 e. The fourth-order valence-electron chi connectivity index (χ4n) is 4.48. The molecule has 2 aliphatic rings. The molecule has 0 aliphatic carbocycles. The highest BCUT2D eigenvalue weighted by atomic mass is 16.5. The number of urea groups is 1. The molecule has 0 saturated carbocycles. The highest BCUT2D eigenvalue weighted by molar-refractivity contribution is 6.23. The van der Waals surface area contributed by atoms with Crippen molar-refractivity contribution >= 4 is 28.5 Å². The second-order valence-electron chi connectivity index (χ2n) is 7.35. The molecule has 0 spiro atoms. The molecular formula is C22H21N3O3. The lowest BCUT2D eigenvalue weighted by molar-refractivity contribution is -0.125. The third kappa shape index (κ3) is 2.08. The molecule has 1 N–H and O–H groups in total. The SMILES string of the molecule is CCOc1ccc(N2C(=O)N3CCc4c([nH]c5ccccc45)C3(C)C2=O)cc1. The van der Waals surface area contributed by atoms with Gasteiger partial charge in [0.25, 0.3) is 5.91 Å². The number of nitrogens with one attached hydrogen (secondary N) is 1. The Labute approximate surface area is 162 Å². The van der Waals surface area contributed by atoms with E-state index in [0.717, 1.165) is 28.6 Å². The minimum Gasteiger partial charge on any atom is -0.494 e. The number of amides is 3. The molecule has 1 atom stereocenters. The number of imide groups is 1. The lowest BCUT2D eigenvalue weighted by Crippen LogP contribution is -2.49. The fraction of sp³-hybridized carbons (Fsp3) is 0.273. The van der Waals surface area contributed by atoms with Gasteiger partial charge in [0.2, 0.25) is 0 Å². The van der Waals surface area contributed by atoms with E-state index in [1.54, 1.807) is 29.2 Å². The number of aromatic amines is 1. The van der Waals surface area contributed by atoms with Crippen LogP contribution in [0.2, 0.25) is 0 Å². The minimum absolute atomic E-state index is 0.228. The van der Waals surface area contributed by atoms with Gasteiger partial charge >= 0.3 is 6.03 Å². The molecule has 1 unspecified atom stereocenters. The maximum atomic E-state index is 13.5. The Morgan fingerprint density at radius 2 is 1.86 bits per heavy atom. The number of benzene rings is 2. The van der Waals surface area contributed by atoms with Crippen LogP contribution in [0.4, 0.5) is 10.5 Å². The lowest BCUT2D eigenvalue weighted by atomic mass is 9.87. The molecular weight excluding hydrogens is 354 g/mol. The predicted octanol–water partition coefficient (Wildman–Crippen LogP) is 3.81. The Bertz CT molecular complexity index is 1100. The molecule has 2 aromatic carbocycles. The van der Waals surface area contributed by atoms with Crippen LogP contribution in [-0.4, -0.2) is 35.0 Å². The molecule has 2 aliphatic heterocycles. The Balaban J connectivity index is 1.61. The summed E-state index contributed by atoms with van der Waals surface area (Å²) in [5, 5.41) is 1.12. The van der Waals surface area contributed by atoms with E-state index in [0.29, 0.717) is 24.6 Å². The van der Waals surface area contributed by atoms with E-state index in [4.69, 9.17) is 4.74 Å². The summed E-state index contributed by atoms with van der Waals surface area (Å²) in [5.74, 6) is 0.487. The summed E-state index contributed by atoms with van der Waals surface area (Å²) < 4.78 is 5.47. The smallest absolute Gasteiger partial charge is 0.332 e. The minimum atomic E-state index is -1.03. The molecule has 1 fully saturated rings. The number of carbonyl (C=O) groups is 2. The number of nitrogens with zero attached hydrogens (tertiary/aromatic N) is 2. The average Bonchev–Trinajstić information content (AvgIpc) is 3.18. The Morgan fingerprint density at radius 1 is 1.11 bits per heavy atom. The summed E-state index contributed by atoms with van der Waals surface area (Å²) in [7, 11) is 0. The number of ether oxygens (including phenoxy) is 1. The number of aromatic nitrogens is 1. The zero-order valence-corrected chi connectivity index (χ0v) is 15.9. The highest BCUT2D eigenvalue weighted by Gasteiger charge is 2.58. The predicted molar refractivity (Wildman–Crippen MR) is 107 cm³/mol. The van der Waals surface area contributed by atoms with Gasteiger partial charge in [-0.15, -0.1) is 0 Å². The summed E-state index contributed by atoms with van der Waals surface area (Å²) in [5.41, 5.74) is 2.49. The van der Waals surface area contributed by atoms with E-state index in [1.165, 1.54) is 4.90 Å². The first-order valence-corrected chi connectivity index (χ1v) is 9.54. The average molecular weight is 375 g/mol. The molecule has 3 heterocycles. The van der Waals surface area contributed by atoms with Crippen molar-refractivity contribution in [3.63, 3.8) is 0 Å². The van der Waals surface area contributed by atoms with Crippen molar-refractivity contribution in [3.05, 3.63) is 59.8 Å². The van der Waals surface area contributed by atoms with Crippen LogP contribution in [0.3, 0.4) is 0 Å². The zero-order valence-electron chi connectivity index (χ0n) is 15.9. The number of para-hydroxylation sites is 1. The summed E-state index contributed by atoms with van der Waals surface area (Å²) in [6.45, 7) is 4.84. The maximum absolute atomic E-state index is 13.5. The third-order valence-corrected chi connectivity index (χ3v) is 5.87. The molecule has 3 aromatic rings. The summed E-state index contributed by atoms with van der Waals surface area (Å²) in [6.07, 6.45) is 0.727. The van der Waals surface area contributed by atoms with Crippen LogP contribution < -0.4 is 9.64 Å². The molecule has 0 bridgehead atoms. The van der Waals surface area contributed by atoms with Crippen molar-refractivity contribution in [2.75, 3.05) is 18.1 Å². The third-order valence-electron chi connectivity index (χ3n) is 5.87. The number of carbonyl (C=O) groups excluding carboxylic acids is 2. The van der Waals surface area contributed by atoms with Crippen molar-refractivity contribution in [1.82, 2.24) is 9.88 Å². The summed E-state index contributed by atoms with van der Waals surface area (Å²) in [4.78, 5) is 33.1. The van der Waals surface area contributed by atoms with Crippen LogP contribution >= 0.6 is 0 Å². The first-order valence-electron chi connectivity index (χ1n) is 9.54. The standard InChI is InChI=1S/C22H21N3O3/c1-3-28-15-10-8-14(9-11-15)25-20(26)22(2)19-17(12-13-24(22)21(25)27)16-6-4-5-7-18(16)23-19/h4-11,23H,3,12-13H2,1-2H3. The molecule has 0 radical (unpaired) electrons. The topological polar surface area (TPSA) is 65.6 Å². The van der Waals surface area contributed by atoms with E-state index < -0.39 is 5.54 Å². The Hall–Kier alpha value is -3.28. The number of H-pyrrole nitrogens is 1. The van der Waals surface area contributed by atoms with Gasteiger partial charge in [-0.2, -0.15) is 0 Å². The largest absolute Gasteiger partial charge is 0.494 e. The second kappa shape index (κ2) is 5.86. The molecule has 1 aromatic heterocycles. The quantitative estimate of drug-likeness (QED) is 0.708. The van der Waals surface area contributed by atoms with Crippen molar-refractivity contribution < 1.29 is 14.3 Å². The van der Waals surface area contributed by atoms with Crippen molar-refractivity contribution in [1.29, 1.82) is 0 Å². The van der Waals surface area contributed by atoms with E-state index >= 15 is 0 Å². The van der Waals surface area contributed by atoms with E-state index in [1.807, 2.05) is 32.0 Å². The van der Waals surface area contributed by atoms with Gasteiger partial charge in [0.15, 0.2) is 5.54 Å². The Kier molecular flexibility index (Phi) is 3.53. The first kappa shape index (κ1) is 16.9. The van der Waals surface area contributed by atoms with Crippen molar-refractivity contribution in [2.24, 2.45) is 0 Å². The lowest BCUT2D eigenvalue weighted by Gasteiger charge is -2.35. The summed E-state index contributed by atoms with van der Waals surface area (Å²) >= 11 is 0. The first-order chi connectivity index (χ1) is 13.6. The molecule has 28 heavy (non-hydrogen) atoms. The highest BCUT2D eigenvalue weighted by Crippen LogP contribution is 2.45. The monoisotopic (exact) mass is 375 g/mol. The fourth-order valence-corrected chi connectivity index (χ4v) is 4.48. The van der Waals surface area contributed by atoms with E-state index in [-0.39, 0.29) is 11.9 Å². The molecule has 6 nitrogen and oxygen atoms in total. The molecule has 3 amide bonds. The second-order valence-corrected chi connectivity index (χ2v) is 7.35. The van der Waals surface area contributed by atoms with E-state index in [2.05, 4.69) is 11.1 Å². The van der Waals surface area contributed by atoms with Gasteiger partial charge < -0.3 is 14.6 Å². The van der Waals surface area contributed by atoms with Crippen LogP contribution in [0.25, 0.3) is 10.9 Å². The van der Waals surface area contributed by atoms with Gasteiger partial charge in [-0.1, -0.05) is 18.2 Å². The van der Waals surface area contributed by atoms with Crippen molar-refractivity contribution in [2.45, 2.75) is 25.8 Å². The van der Waals surface area contributed by atoms with Gasteiger partial charge in [-0.05, 0) is 56.2 Å². The normalized spacial score (nSPS) is 21.2. The number of rotatable bonds is 3. The number of fused-ring (bicyclic) bond motifs is 5. The van der Waals surface area contributed by atoms with Crippen LogP contribution in [0.15, 0.2) is 48.5 Å². The Morgan fingerprint density at radius 3 is 2.61 bits per heavy atom. The van der Waals surface area contributed by atoms with Crippen LogP contribution in [0.5, 0.6) is 5.75 Å². The van der Waals surface area contributed by atoms with Crippen LogP contribution in [-0.2, 0) is 16.8 Å². The number of hydrogen-bond donors (Lipinski definition) is 1. The van der Waals surface area contributed by atoms with Crippen molar-refractivity contribution in [3.8, 4) is 5.75 Å². The van der Waals surface area contributed by atoms with Crippen LogP contribution in [0, 0.1) is 0 Å². The van der Waals surface area contributed by atoms with Gasteiger partial charge in [-0.25, -0.2) is 9.69 Å². The van der Waals surface area contributed by atoms with Gasteiger partial charge in [0, 0.05) is 17.4 Å². The van der Waals surface area contributed by atoms with Gasteiger partial charge in [0.05, 0.1) is 18.0 Å². The van der Waals surface area contributed by atoms with Gasteiger partial charge in [-0.3, -0.25) is 4.79 Å². The summed E-state index contributed by atoms with van der Waals surface area (Å²) in [6, 6.07) is 14.9. The van der Waals surface area contributed by atoms with Gasteiger partial charge in [0.1, 0.15) is 5.75 Å². The zero-order chi connectivity index (χ0) is 19.5. The number of hydrogen-bond acceptors (Lipinski definition) is 3. The molecule has 142 valence electrons. The molecule has 6 heteroatoms. The molecule has 1 saturated heterocycles.